The van der Waals surface area contributed by atoms with E-state index in [1.54, 1.807) is 0 Å². The molecule has 3 nitrogen and oxygen atoms in total. The van der Waals surface area contributed by atoms with Gasteiger partial charge < -0.3 is 5.11 Å². The van der Waals surface area contributed by atoms with E-state index in [4.69, 9.17) is 16.7 Å². The Labute approximate surface area is 77.0 Å². The van der Waals surface area contributed by atoms with Crippen LogP contribution in [-0.2, 0) is 0 Å². The first kappa shape index (κ1) is 9.85. The predicted octanol–water partition coefficient (Wildman–Crippen LogP) is 2.19. The quantitative estimate of drug-likeness (QED) is 0.757. The van der Waals surface area contributed by atoms with Gasteiger partial charge in [0, 0.05) is 0 Å². The molecule has 0 unspecified atom stereocenters. The van der Waals surface area contributed by atoms with Gasteiger partial charge in [0.25, 0.3) is 6.43 Å². The van der Waals surface area contributed by atoms with Crippen LogP contribution in [0, 0.1) is 0 Å². The van der Waals surface area contributed by atoms with Crippen molar-refractivity contribution in [3.63, 3.8) is 0 Å². The van der Waals surface area contributed by atoms with E-state index in [1.807, 2.05) is 0 Å². The first-order chi connectivity index (χ1) is 6.07. The SMILES string of the molecule is O=Cc1ncc(O)c(C(F)F)c1Cl. The summed E-state index contributed by atoms with van der Waals surface area (Å²) in [6.07, 6.45) is -1.93. The molecule has 70 valence electrons. The van der Waals surface area contributed by atoms with Crippen LogP contribution in [0.15, 0.2) is 6.20 Å². The van der Waals surface area contributed by atoms with E-state index in [0.717, 1.165) is 6.20 Å². The molecule has 0 aromatic carbocycles. The van der Waals surface area contributed by atoms with Gasteiger partial charge in [0.1, 0.15) is 11.4 Å². The summed E-state index contributed by atoms with van der Waals surface area (Å²) in [4.78, 5) is 13.6. The Balaban J connectivity index is 3.38. The van der Waals surface area contributed by atoms with Crippen LogP contribution in [0.4, 0.5) is 8.78 Å². The second kappa shape index (κ2) is 3.66. The summed E-state index contributed by atoms with van der Waals surface area (Å²) in [5.41, 5.74) is -1.08. The summed E-state index contributed by atoms with van der Waals surface area (Å²) in [5, 5.41) is 8.43. The molecule has 13 heavy (non-hydrogen) atoms. The van der Waals surface area contributed by atoms with Gasteiger partial charge in [-0.25, -0.2) is 13.8 Å². The van der Waals surface area contributed by atoms with E-state index < -0.39 is 22.8 Å². The zero-order valence-electron chi connectivity index (χ0n) is 6.17. The van der Waals surface area contributed by atoms with Crippen LogP contribution in [0.5, 0.6) is 5.75 Å². The van der Waals surface area contributed by atoms with E-state index in [0.29, 0.717) is 0 Å². The third kappa shape index (κ3) is 1.75. The van der Waals surface area contributed by atoms with Crippen LogP contribution in [0.3, 0.4) is 0 Å². The van der Waals surface area contributed by atoms with Gasteiger partial charge in [-0.2, -0.15) is 0 Å². The highest BCUT2D eigenvalue weighted by Crippen LogP contribution is 2.34. The van der Waals surface area contributed by atoms with Gasteiger partial charge >= 0.3 is 0 Å². The zero-order chi connectivity index (χ0) is 10.0. The van der Waals surface area contributed by atoms with Crippen molar-refractivity contribution in [2.75, 3.05) is 0 Å². The van der Waals surface area contributed by atoms with Crippen molar-refractivity contribution in [3.05, 3.63) is 22.5 Å². The first-order valence-electron chi connectivity index (χ1n) is 3.18. The van der Waals surface area contributed by atoms with Gasteiger partial charge in [-0.3, -0.25) is 4.79 Å². The molecule has 6 heteroatoms. The number of aldehydes is 1. The molecule has 0 aliphatic rings. The number of carbonyl (C=O) groups excluding carboxylic acids is 1. The fraction of sp³-hybridized carbons (Fsp3) is 0.143. The molecule has 1 rings (SSSR count). The van der Waals surface area contributed by atoms with E-state index >= 15 is 0 Å². The van der Waals surface area contributed by atoms with Crippen molar-refractivity contribution in [1.82, 2.24) is 4.98 Å². The minimum Gasteiger partial charge on any atom is -0.506 e. The zero-order valence-corrected chi connectivity index (χ0v) is 6.92. The van der Waals surface area contributed by atoms with Crippen molar-refractivity contribution >= 4 is 17.9 Å². The molecule has 0 fully saturated rings. The molecule has 0 radical (unpaired) electrons. The minimum absolute atomic E-state index is 0.244. The highest BCUT2D eigenvalue weighted by molar-refractivity contribution is 6.33. The smallest absolute Gasteiger partial charge is 0.268 e. The molecule has 0 atom stereocenters. The molecule has 1 aromatic heterocycles. The van der Waals surface area contributed by atoms with Gasteiger partial charge in [0.15, 0.2) is 6.29 Å². The summed E-state index contributed by atoms with van der Waals surface area (Å²) in [6, 6.07) is 0. The van der Waals surface area contributed by atoms with E-state index in [1.165, 1.54) is 0 Å². The number of aromatic hydroxyl groups is 1. The Morgan fingerprint density at radius 3 is 2.69 bits per heavy atom. The third-order valence-electron chi connectivity index (χ3n) is 1.39. The van der Waals surface area contributed by atoms with E-state index in [9.17, 15) is 13.6 Å². The van der Waals surface area contributed by atoms with Crippen molar-refractivity contribution in [1.29, 1.82) is 0 Å². The molecule has 0 bridgehead atoms. The lowest BCUT2D eigenvalue weighted by atomic mass is 10.2. The molecular formula is C7H4ClF2NO2. The van der Waals surface area contributed by atoms with Gasteiger partial charge in [0.2, 0.25) is 0 Å². The van der Waals surface area contributed by atoms with Crippen LogP contribution < -0.4 is 0 Å². The van der Waals surface area contributed by atoms with E-state index in [2.05, 4.69) is 4.98 Å². The Morgan fingerprint density at radius 1 is 1.62 bits per heavy atom. The third-order valence-corrected chi connectivity index (χ3v) is 1.79. The number of rotatable bonds is 2. The lowest BCUT2D eigenvalue weighted by molar-refractivity contribution is 0.111. The molecule has 0 saturated heterocycles. The van der Waals surface area contributed by atoms with Crippen LogP contribution in [0.2, 0.25) is 5.02 Å². The van der Waals surface area contributed by atoms with Crippen LogP contribution in [0.1, 0.15) is 22.5 Å². The second-order valence-electron chi connectivity index (χ2n) is 2.17. The normalized spacial score (nSPS) is 10.5. The first-order valence-corrected chi connectivity index (χ1v) is 3.56. The fourth-order valence-corrected chi connectivity index (χ4v) is 1.07. The predicted molar refractivity (Wildman–Crippen MR) is 41.3 cm³/mol. The summed E-state index contributed by atoms with van der Waals surface area (Å²) >= 11 is 5.38. The standard InChI is InChI=1S/C7H4ClF2NO2/c8-6-3(2-12)11-1-4(13)5(6)7(9)10/h1-2,7,13H. The largest absolute Gasteiger partial charge is 0.506 e. The number of alkyl halides is 2. The Morgan fingerprint density at radius 2 is 2.23 bits per heavy atom. The Hall–Kier alpha value is -1.23. The number of nitrogens with zero attached hydrogens (tertiary/aromatic N) is 1. The van der Waals surface area contributed by atoms with Gasteiger partial charge in [-0.15, -0.1) is 0 Å². The maximum absolute atomic E-state index is 12.2. The summed E-state index contributed by atoms with van der Waals surface area (Å²) in [5.74, 6) is -0.717. The van der Waals surface area contributed by atoms with Crippen molar-refractivity contribution in [2.24, 2.45) is 0 Å². The number of hydrogen-bond donors (Lipinski definition) is 1. The molecular weight excluding hydrogens is 204 g/mol. The summed E-state index contributed by atoms with van der Waals surface area (Å²) < 4.78 is 24.4. The number of halogens is 3. The monoisotopic (exact) mass is 207 g/mol. The average molecular weight is 208 g/mol. The Kier molecular flexibility index (Phi) is 2.77. The van der Waals surface area contributed by atoms with Crippen LogP contribution in [0.25, 0.3) is 0 Å². The number of aromatic nitrogens is 1. The molecule has 0 spiro atoms. The molecule has 1 N–H and O–H groups in total. The van der Waals surface area contributed by atoms with Crippen molar-refractivity contribution < 1.29 is 18.7 Å². The maximum Gasteiger partial charge on any atom is 0.268 e. The van der Waals surface area contributed by atoms with E-state index in [-0.39, 0.29) is 12.0 Å². The number of carbonyl (C=O) groups is 1. The van der Waals surface area contributed by atoms with Gasteiger partial charge in [0.05, 0.1) is 16.8 Å². The Bertz CT molecular complexity index is 344. The molecule has 1 aromatic rings. The topological polar surface area (TPSA) is 50.2 Å². The summed E-state index contributed by atoms with van der Waals surface area (Å²) in [7, 11) is 0. The minimum atomic E-state index is -2.94. The molecule has 0 amide bonds. The van der Waals surface area contributed by atoms with Gasteiger partial charge in [-0.05, 0) is 0 Å². The summed E-state index contributed by atoms with van der Waals surface area (Å²) in [6.45, 7) is 0. The molecule has 1 heterocycles. The number of hydrogen-bond acceptors (Lipinski definition) is 3. The maximum atomic E-state index is 12.2. The van der Waals surface area contributed by atoms with Gasteiger partial charge in [-0.1, -0.05) is 11.6 Å². The highest BCUT2D eigenvalue weighted by atomic mass is 35.5. The van der Waals surface area contributed by atoms with Crippen LogP contribution >= 0.6 is 11.6 Å². The molecule has 0 aliphatic heterocycles. The number of pyridine rings is 1. The van der Waals surface area contributed by atoms with Crippen molar-refractivity contribution in [3.8, 4) is 5.75 Å². The highest BCUT2D eigenvalue weighted by Gasteiger charge is 2.20. The molecule has 0 aliphatic carbocycles. The second-order valence-corrected chi connectivity index (χ2v) is 2.55. The van der Waals surface area contributed by atoms with Crippen molar-refractivity contribution in [2.45, 2.75) is 6.43 Å². The van der Waals surface area contributed by atoms with Crippen LogP contribution in [-0.4, -0.2) is 16.4 Å². The fourth-order valence-electron chi connectivity index (χ4n) is 0.797. The average Bonchev–Trinajstić information content (AvgIpc) is 2.04. The lowest BCUT2D eigenvalue weighted by Crippen LogP contribution is -1.95. The lowest BCUT2D eigenvalue weighted by Gasteiger charge is -2.05. The molecule has 0 saturated carbocycles.